The number of halogens is 2. The number of carbonyl (C=O) groups is 1. The first-order valence-electron chi connectivity index (χ1n) is 8.72. The molecule has 0 unspecified atom stereocenters. The Bertz CT molecular complexity index is 960. The minimum atomic E-state index is -0.494. The molecule has 6 heteroatoms. The Hall–Kier alpha value is -2.21. The van der Waals surface area contributed by atoms with E-state index in [-0.39, 0.29) is 24.2 Å². The van der Waals surface area contributed by atoms with E-state index >= 15 is 0 Å². The summed E-state index contributed by atoms with van der Waals surface area (Å²) in [5.41, 5.74) is 2.51. The lowest BCUT2D eigenvalue weighted by Gasteiger charge is -2.35. The first-order valence-corrected chi connectivity index (χ1v) is 9.98. The van der Waals surface area contributed by atoms with Gasteiger partial charge in [0.1, 0.15) is 5.82 Å². The van der Waals surface area contributed by atoms with Gasteiger partial charge < -0.3 is 5.32 Å². The summed E-state index contributed by atoms with van der Waals surface area (Å²) in [4.78, 5) is 16.1. The Balaban J connectivity index is 1.57. The molecule has 3 aromatic rings. The van der Waals surface area contributed by atoms with Crippen molar-refractivity contribution < 1.29 is 9.18 Å². The van der Waals surface area contributed by atoms with E-state index < -0.39 is 5.82 Å². The third-order valence-corrected chi connectivity index (χ3v) is 5.96. The van der Waals surface area contributed by atoms with Gasteiger partial charge >= 0.3 is 0 Å². The Morgan fingerprint density at radius 2 is 2.04 bits per heavy atom. The molecule has 0 aliphatic carbocycles. The number of carbonyl (C=O) groups excluding carboxylic acids is 1. The maximum absolute atomic E-state index is 13.9. The first-order chi connectivity index (χ1) is 13.1. The average Bonchev–Trinajstić information content (AvgIpc) is 3.14. The zero-order chi connectivity index (χ0) is 18.8. The fourth-order valence-electron chi connectivity index (χ4n) is 3.53. The minimum Gasteiger partial charge on any atom is -0.322 e. The van der Waals surface area contributed by atoms with Crippen LogP contribution in [0.25, 0.3) is 0 Å². The largest absolute Gasteiger partial charge is 0.322 e. The number of rotatable bonds is 4. The van der Waals surface area contributed by atoms with Crippen molar-refractivity contribution in [2.75, 3.05) is 18.4 Å². The smallest absolute Gasteiger partial charge is 0.238 e. The van der Waals surface area contributed by atoms with Crippen LogP contribution >= 0.6 is 22.9 Å². The number of hydrogen-bond donors (Lipinski definition) is 1. The standard InChI is InChI=1S/C21H18ClFN2OS/c22-15-6-7-17(23)18(12-15)24-20(26)13-25-10-8-19-16(9-11-27-19)21(25)14-4-2-1-3-5-14/h1-7,9,11-12,21H,8,10,13H2,(H,24,26)/t21-/m1/s1. The molecule has 1 aliphatic rings. The van der Waals surface area contributed by atoms with Crippen LogP contribution in [-0.2, 0) is 11.2 Å². The summed E-state index contributed by atoms with van der Waals surface area (Å²) in [7, 11) is 0. The van der Waals surface area contributed by atoms with Gasteiger partial charge in [0.05, 0.1) is 18.3 Å². The van der Waals surface area contributed by atoms with Gasteiger partial charge in [-0.3, -0.25) is 9.69 Å². The van der Waals surface area contributed by atoms with Crippen molar-refractivity contribution in [2.45, 2.75) is 12.5 Å². The number of thiophene rings is 1. The van der Waals surface area contributed by atoms with Gasteiger partial charge in [0, 0.05) is 16.4 Å². The van der Waals surface area contributed by atoms with E-state index in [9.17, 15) is 9.18 Å². The Morgan fingerprint density at radius 1 is 1.22 bits per heavy atom. The molecule has 1 atom stereocenters. The number of hydrogen-bond acceptors (Lipinski definition) is 3. The first kappa shape index (κ1) is 18.2. The van der Waals surface area contributed by atoms with Crippen molar-refractivity contribution in [1.82, 2.24) is 4.90 Å². The third kappa shape index (κ3) is 3.90. The van der Waals surface area contributed by atoms with Crippen LogP contribution in [0.15, 0.2) is 60.0 Å². The molecule has 0 bridgehead atoms. The molecule has 1 N–H and O–H groups in total. The van der Waals surface area contributed by atoms with Crippen LogP contribution in [0.3, 0.4) is 0 Å². The van der Waals surface area contributed by atoms with Gasteiger partial charge in [-0.25, -0.2) is 4.39 Å². The predicted molar refractivity (Wildman–Crippen MR) is 108 cm³/mol. The SMILES string of the molecule is O=C(CN1CCc2sccc2[C@H]1c1ccccc1)Nc1cc(Cl)ccc1F. The van der Waals surface area contributed by atoms with Crippen LogP contribution in [-0.4, -0.2) is 23.9 Å². The summed E-state index contributed by atoms with van der Waals surface area (Å²) in [5.74, 6) is -0.748. The molecule has 0 radical (unpaired) electrons. The van der Waals surface area contributed by atoms with Crippen LogP contribution < -0.4 is 5.32 Å². The molecule has 27 heavy (non-hydrogen) atoms. The summed E-state index contributed by atoms with van der Waals surface area (Å²) < 4.78 is 13.9. The molecular weight excluding hydrogens is 383 g/mol. The number of benzene rings is 2. The summed E-state index contributed by atoms with van der Waals surface area (Å²) >= 11 is 7.67. The van der Waals surface area contributed by atoms with E-state index in [1.807, 2.05) is 18.2 Å². The molecule has 0 fully saturated rings. The van der Waals surface area contributed by atoms with Crippen LogP contribution in [0.4, 0.5) is 10.1 Å². The molecule has 1 aromatic heterocycles. The van der Waals surface area contributed by atoms with Crippen molar-refractivity contribution in [1.29, 1.82) is 0 Å². The van der Waals surface area contributed by atoms with Crippen LogP contribution in [0.2, 0.25) is 5.02 Å². The molecule has 0 saturated heterocycles. The van der Waals surface area contributed by atoms with Crippen molar-refractivity contribution >= 4 is 34.5 Å². The number of nitrogens with one attached hydrogen (secondary N) is 1. The van der Waals surface area contributed by atoms with Gasteiger partial charge in [-0.05, 0) is 47.2 Å². The van der Waals surface area contributed by atoms with E-state index in [4.69, 9.17) is 11.6 Å². The van der Waals surface area contributed by atoms with E-state index in [0.29, 0.717) is 5.02 Å². The van der Waals surface area contributed by atoms with E-state index in [1.165, 1.54) is 28.6 Å². The quantitative estimate of drug-likeness (QED) is 0.658. The molecule has 3 nitrogen and oxygen atoms in total. The Morgan fingerprint density at radius 3 is 2.85 bits per heavy atom. The summed E-state index contributed by atoms with van der Waals surface area (Å²) in [6.07, 6.45) is 0.912. The zero-order valence-electron chi connectivity index (χ0n) is 14.5. The molecule has 2 heterocycles. The lowest BCUT2D eigenvalue weighted by molar-refractivity contribution is -0.117. The molecule has 138 valence electrons. The van der Waals surface area contributed by atoms with Crippen molar-refractivity contribution in [3.63, 3.8) is 0 Å². The van der Waals surface area contributed by atoms with Gasteiger partial charge in [-0.1, -0.05) is 41.9 Å². The average molecular weight is 401 g/mol. The number of nitrogens with zero attached hydrogens (tertiary/aromatic N) is 1. The Labute approximate surface area is 166 Å². The highest BCUT2D eigenvalue weighted by molar-refractivity contribution is 7.10. The number of fused-ring (bicyclic) bond motifs is 1. The Kier molecular flexibility index (Phi) is 5.25. The van der Waals surface area contributed by atoms with Gasteiger partial charge in [-0.2, -0.15) is 0 Å². The van der Waals surface area contributed by atoms with Gasteiger partial charge in [0.25, 0.3) is 0 Å². The molecule has 4 rings (SSSR count). The second kappa shape index (κ2) is 7.80. The highest BCUT2D eigenvalue weighted by Crippen LogP contribution is 2.37. The second-order valence-electron chi connectivity index (χ2n) is 6.51. The molecular formula is C21H18ClFN2OS. The van der Waals surface area contributed by atoms with E-state index in [0.717, 1.165) is 18.5 Å². The molecule has 0 spiro atoms. The van der Waals surface area contributed by atoms with Gasteiger partial charge in [0.2, 0.25) is 5.91 Å². The molecule has 0 saturated carbocycles. The maximum Gasteiger partial charge on any atom is 0.238 e. The summed E-state index contributed by atoms with van der Waals surface area (Å²) in [5, 5.41) is 5.14. The number of amides is 1. The van der Waals surface area contributed by atoms with Crippen LogP contribution in [0.5, 0.6) is 0 Å². The highest BCUT2D eigenvalue weighted by atomic mass is 35.5. The summed E-state index contributed by atoms with van der Waals surface area (Å²) in [6.45, 7) is 0.958. The van der Waals surface area contributed by atoms with Crippen LogP contribution in [0, 0.1) is 5.82 Å². The van der Waals surface area contributed by atoms with E-state index in [2.05, 4.69) is 33.8 Å². The fourth-order valence-corrected chi connectivity index (χ4v) is 4.61. The second-order valence-corrected chi connectivity index (χ2v) is 7.94. The third-order valence-electron chi connectivity index (χ3n) is 4.73. The lowest BCUT2D eigenvalue weighted by Crippen LogP contribution is -2.40. The monoisotopic (exact) mass is 400 g/mol. The van der Waals surface area contributed by atoms with Crippen molar-refractivity contribution in [2.24, 2.45) is 0 Å². The van der Waals surface area contributed by atoms with Gasteiger partial charge in [0.15, 0.2) is 0 Å². The highest BCUT2D eigenvalue weighted by Gasteiger charge is 2.30. The fraction of sp³-hybridized carbons (Fsp3) is 0.190. The van der Waals surface area contributed by atoms with E-state index in [1.54, 1.807) is 11.3 Å². The van der Waals surface area contributed by atoms with Crippen LogP contribution in [0.1, 0.15) is 22.0 Å². The molecule has 1 amide bonds. The topological polar surface area (TPSA) is 32.3 Å². The molecule has 2 aromatic carbocycles. The normalized spacial score (nSPS) is 16.7. The number of anilines is 1. The predicted octanol–water partition coefficient (Wildman–Crippen LogP) is 5.13. The van der Waals surface area contributed by atoms with Crippen molar-refractivity contribution in [3.05, 3.63) is 86.8 Å². The van der Waals surface area contributed by atoms with Crippen molar-refractivity contribution in [3.8, 4) is 0 Å². The zero-order valence-corrected chi connectivity index (χ0v) is 16.1. The maximum atomic E-state index is 13.9. The lowest BCUT2D eigenvalue weighted by atomic mass is 9.93. The minimum absolute atomic E-state index is 0.0242. The summed E-state index contributed by atoms with van der Waals surface area (Å²) in [6, 6.07) is 16.5. The van der Waals surface area contributed by atoms with Gasteiger partial charge in [-0.15, -0.1) is 11.3 Å². The molecule has 1 aliphatic heterocycles.